The number of thiol groups is 1. The lowest BCUT2D eigenvalue weighted by Crippen LogP contribution is -2.20. The van der Waals surface area contributed by atoms with Gasteiger partial charge in [0.1, 0.15) is 0 Å². The molecular formula is C11H15Br2NOS. The van der Waals surface area contributed by atoms with E-state index in [0.29, 0.717) is 4.47 Å². The van der Waals surface area contributed by atoms with Crippen molar-refractivity contribution in [3.05, 3.63) is 31.6 Å². The summed E-state index contributed by atoms with van der Waals surface area (Å²) in [6, 6.07) is 1.78. The minimum absolute atomic E-state index is 0.0393. The maximum absolute atomic E-state index is 11.7. The molecule has 0 saturated carbocycles. The van der Waals surface area contributed by atoms with Gasteiger partial charge in [0.25, 0.3) is 5.56 Å². The van der Waals surface area contributed by atoms with Gasteiger partial charge in [-0.1, -0.05) is 12.8 Å². The van der Waals surface area contributed by atoms with E-state index in [4.69, 9.17) is 0 Å². The summed E-state index contributed by atoms with van der Waals surface area (Å²) >= 11 is 10.8. The summed E-state index contributed by atoms with van der Waals surface area (Å²) in [6.45, 7) is 0.781. The first-order valence-electron chi connectivity index (χ1n) is 5.31. The SMILES string of the molecule is O=c1c(Br)cc(Br)cn1CCCCCCS. The molecule has 0 aromatic carbocycles. The second-order valence-corrected chi connectivity index (χ2v) is 5.86. The minimum Gasteiger partial charge on any atom is -0.313 e. The molecule has 0 amide bonds. The van der Waals surface area contributed by atoms with Crippen LogP contribution in [0.2, 0.25) is 0 Å². The molecule has 0 saturated heterocycles. The summed E-state index contributed by atoms with van der Waals surface area (Å²) in [6.07, 6.45) is 6.37. The second-order valence-electron chi connectivity index (χ2n) is 3.64. The first kappa shape index (κ1) is 14.3. The van der Waals surface area contributed by atoms with Gasteiger partial charge in [-0.25, -0.2) is 0 Å². The number of pyridine rings is 1. The molecule has 1 heterocycles. The van der Waals surface area contributed by atoms with E-state index in [2.05, 4.69) is 44.5 Å². The highest BCUT2D eigenvalue weighted by Gasteiger charge is 2.02. The first-order chi connectivity index (χ1) is 7.65. The number of hydrogen-bond donors (Lipinski definition) is 1. The zero-order chi connectivity index (χ0) is 12.0. The molecule has 0 radical (unpaired) electrons. The molecule has 0 atom stereocenters. The number of aryl methyl sites for hydroxylation is 1. The zero-order valence-electron chi connectivity index (χ0n) is 8.96. The van der Waals surface area contributed by atoms with Crippen LogP contribution in [0.3, 0.4) is 0 Å². The molecule has 16 heavy (non-hydrogen) atoms. The van der Waals surface area contributed by atoms with Crippen molar-refractivity contribution >= 4 is 44.5 Å². The molecule has 5 heteroatoms. The van der Waals surface area contributed by atoms with Gasteiger partial charge in [-0.05, 0) is 56.5 Å². The van der Waals surface area contributed by atoms with Gasteiger partial charge in [0.05, 0.1) is 4.47 Å². The summed E-state index contributed by atoms with van der Waals surface area (Å²) in [4.78, 5) is 11.7. The Morgan fingerprint density at radius 1 is 1.19 bits per heavy atom. The topological polar surface area (TPSA) is 22.0 Å². The van der Waals surface area contributed by atoms with E-state index in [1.54, 1.807) is 10.6 Å². The molecule has 1 rings (SSSR count). The lowest BCUT2D eigenvalue weighted by atomic mass is 10.2. The Morgan fingerprint density at radius 3 is 2.56 bits per heavy atom. The van der Waals surface area contributed by atoms with E-state index in [1.807, 2.05) is 6.20 Å². The minimum atomic E-state index is 0.0393. The number of rotatable bonds is 6. The van der Waals surface area contributed by atoms with Crippen molar-refractivity contribution in [2.45, 2.75) is 32.2 Å². The van der Waals surface area contributed by atoms with Gasteiger partial charge in [-0.3, -0.25) is 4.79 Å². The zero-order valence-corrected chi connectivity index (χ0v) is 13.0. The fourth-order valence-corrected chi connectivity index (χ4v) is 2.96. The van der Waals surface area contributed by atoms with Gasteiger partial charge in [0.2, 0.25) is 0 Å². The molecule has 90 valence electrons. The van der Waals surface area contributed by atoms with Gasteiger partial charge >= 0.3 is 0 Å². The average molecular weight is 369 g/mol. The maximum Gasteiger partial charge on any atom is 0.264 e. The van der Waals surface area contributed by atoms with E-state index >= 15 is 0 Å². The Balaban J connectivity index is 2.51. The third-order valence-corrected chi connectivity index (χ3v) is 3.63. The largest absolute Gasteiger partial charge is 0.313 e. The molecule has 0 N–H and O–H groups in total. The quantitative estimate of drug-likeness (QED) is 0.597. The van der Waals surface area contributed by atoms with Crippen LogP contribution in [0.4, 0.5) is 0 Å². The van der Waals surface area contributed by atoms with E-state index in [1.165, 1.54) is 6.42 Å². The summed E-state index contributed by atoms with van der Waals surface area (Å²) < 4.78 is 3.28. The maximum atomic E-state index is 11.7. The van der Waals surface area contributed by atoms with Crippen molar-refractivity contribution in [2.24, 2.45) is 0 Å². The van der Waals surface area contributed by atoms with Gasteiger partial charge < -0.3 is 4.57 Å². The predicted molar refractivity (Wildman–Crippen MR) is 78.4 cm³/mol. The van der Waals surface area contributed by atoms with Crippen LogP contribution in [-0.4, -0.2) is 10.3 Å². The molecule has 2 nitrogen and oxygen atoms in total. The number of aromatic nitrogens is 1. The van der Waals surface area contributed by atoms with Crippen molar-refractivity contribution in [2.75, 3.05) is 5.75 Å². The van der Waals surface area contributed by atoms with Crippen molar-refractivity contribution in [1.29, 1.82) is 0 Å². The van der Waals surface area contributed by atoms with Crippen LogP contribution in [0.25, 0.3) is 0 Å². The molecule has 0 aliphatic heterocycles. The highest BCUT2D eigenvalue weighted by molar-refractivity contribution is 9.11. The Bertz CT molecular complexity index is 392. The van der Waals surface area contributed by atoms with E-state index in [-0.39, 0.29) is 5.56 Å². The Kier molecular flexibility index (Phi) is 6.77. The second kappa shape index (κ2) is 7.56. The van der Waals surface area contributed by atoms with Gasteiger partial charge in [0, 0.05) is 17.2 Å². The fraction of sp³-hybridized carbons (Fsp3) is 0.545. The van der Waals surface area contributed by atoms with Gasteiger partial charge in [-0.2, -0.15) is 12.6 Å². The summed E-state index contributed by atoms with van der Waals surface area (Å²) in [5.41, 5.74) is 0.0393. The summed E-state index contributed by atoms with van der Waals surface area (Å²) in [7, 11) is 0. The molecule has 0 aliphatic rings. The Hall–Kier alpha value is 0.260. The number of unbranched alkanes of at least 4 members (excludes halogenated alkanes) is 3. The van der Waals surface area contributed by atoms with Crippen LogP contribution in [0, 0.1) is 0 Å². The third kappa shape index (κ3) is 4.63. The third-order valence-electron chi connectivity index (χ3n) is 2.32. The van der Waals surface area contributed by atoms with Crippen molar-refractivity contribution in [3.8, 4) is 0 Å². The summed E-state index contributed by atoms with van der Waals surface area (Å²) in [5.74, 6) is 0.947. The molecule has 0 aliphatic carbocycles. The van der Waals surface area contributed by atoms with Crippen molar-refractivity contribution in [3.63, 3.8) is 0 Å². The van der Waals surface area contributed by atoms with Crippen molar-refractivity contribution in [1.82, 2.24) is 4.57 Å². The Labute approximate surface area is 118 Å². The average Bonchev–Trinajstić information content (AvgIpc) is 2.24. The number of hydrogen-bond acceptors (Lipinski definition) is 2. The first-order valence-corrected chi connectivity index (χ1v) is 7.53. The highest BCUT2D eigenvalue weighted by Crippen LogP contribution is 2.13. The molecule has 0 bridgehead atoms. The highest BCUT2D eigenvalue weighted by atomic mass is 79.9. The number of halogens is 2. The molecule has 0 spiro atoms. The van der Waals surface area contributed by atoms with E-state index in [9.17, 15) is 4.79 Å². The van der Waals surface area contributed by atoms with Crippen LogP contribution in [-0.2, 0) is 6.54 Å². The molecular weight excluding hydrogens is 354 g/mol. The van der Waals surface area contributed by atoms with Gasteiger partial charge in [-0.15, -0.1) is 0 Å². The van der Waals surface area contributed by atoms with E-state index in [0.717, 1.165) is 36.0 Å². The lowest BCUT2D eigenvalue weighted by molar-refractivity contribution is 0.570. The molecule has 1 aromatic heterocycles. The molecule has 0 fully saturated rings. The molecule has 1 aromatic rings. The van der Waals surface area contributed by atoms with E-state index < -0.39 is 0 Å². The normalized spacial score (nSPS) is 10.7. The van der Waals surface area contributed by atoms with Gasteiger partial charge in [0.15, 0.2) is 0 Å². The lowest BCUT2D eigenvalue weighted by Gasteiger charge is -2.06. The predicted octanol–water partition coefficient (Wildman–Crippen LogP) is 3.86. The van der Waals surface area contributed by atoms with Crippen LogP contribution in [0.1, 0.15) is 25.7 Å². The Morgan fingerprint density at radius 2 is 1.88 bits per heavy atom. The van der Waals surface area contributed by atoms with Crippen LogP contribution in [0.5, 0.6) is 0 Å². The molecule has 0 unspecified atom stereocenters. The van der Waals surface area contributed by atoms with Crippen LogP contribution < -0.4 is 5.56 Å². The fourth-order valence-electron chi connectivity index (χ4n) is 1.48. The van der Waals surface area contributed by atoms with Crippen LogP contribution >= 0.6 is 44.5 Å². The van der Waals surface area contributed by atoms with Crippen molar-refractivity contribution < 1.29 is 0 Å². The summed E-state index contributed by atoms with van der Waals surface area (Å²) in [5, 5.41) is 0. The van der Waals surface area contributed by atoms with Crippen LogP contribution in [0.15, 0.2) is 26.0 Å². The monoisotopic (exact) mass is 367 g/mol. The smallest absolute Gasteiger partial charge is 0.264 e. The number of nitrogens with zero attached hydrogens (tertiary/aromatic N) is 1. The standard InChI is InChI=1S/C11H15Br2NOS/c12-9-7-10(13)11(15)14(8-9)5-3-1-2-4-6-16/h7-8,16H,1-6H2.